The Kier molecular flexibility index (Phi) is 6.34. The zero-order chi connectivity index (χ0) is 15.2. The minimum Gasteiger partial charge on any atom is -0.120 e. The van der Waals surface area contributed by atoms with Crippen molar-refractivity contribution in [1.29, 1.82) is 0 Å². The Bertz CT molecular complexity index is 435. The van der Waals surface area contributed by atoms with Crippen LogP contribution in [0.25, 0.3) is 0 Å². The molecule has 110 valence electrons. The molecule has 0 spiro atoms. The molecular formula is C20H30. The highest BCUT2D eigenvalue weighted by Crippen LogP contribution is 2.37. The molecule has 0 heterocycles. The molecule has 1 aliphatic rings. The summed E-state index contributed by atoms with van der Waals surface area (Å²) in [6.45, 7) is 11.5. The third-order valence-electron chi connectivity index (χ3n) is 4.14. The van der Waals surface area contributed by atoms with Gasteiger partial charge < -0.3 is 0 Å². The maximum atomic E-state index is 5.44. The zero-order valence-electron chi connectivity index (χ0n) is 13.9. The number of hydrogen-bond acceptors (Lipinski definition) is 0. The van der Waals surface area contributed by atoms with E-state index in [1.165, 1.54) is 30.4 Å². The highest BCUT2D eigenvalue weighted by molar-refractivity contribution is 5.39. The van der Waals surface area contributed by atoms with Gasteiger partial charge in [-0.2, -0.15) is 0 Å². The predicted octanol–water partition coefficient (Wildman–Crippen LogP) is 5.92. The molecule has 1 aliphatic carbocycles. The summed E-state index contributed by atoms with van der Waals surface area (Å²) < 4.78 is 0. The lowest BCUT2D eigenvalue weighted by Crippen LogP contribution is -2.19. The minimum absolute atomic E-state index is 0.381. The number of allylic oxidation sites excluding steroid dienone is 6. The molecule has 1 unspecified atom stereocenters. The molecule has 20 heavy (non-hydrogen) atoms. The van der Waals surface area contributed by atoms with E-state index in [4.69, 9.17) is 6.42 Å². The molecule has 0 saturated carbocycles. The van der Waals surface area contributed by atoms with Gasteiger partial charge in [-0.1, -0.05) is 58.4 Å². The number of hydrogen-bond donors (Lipinski definition) is 0. The monoisotopic (exact) mass is 270 g/mol. The zero-order valence-corrected chi connectivity index (χ0v) is 13.9. The molecule has 1 atom stereocenters. The quantitative estimate of drug-likeness (QED) is 0.525. The van der Waals surface area contributed by atoms with Crippen LogP contribution in [0, 0.1) is 29.6 Å². The summed E-state index contributed by atoms with van der Waals surface area (Å²) in [5, 5.41) is 0. The van der Waals surface area contributed by atoms with E-state index >= 15 is 0 Å². The van der Waals surface area contributed by atoms with Crippen molar-refractivity contribution in [3.8, 4) is 12.3 Å². The van der Waals surface area contributed by atoms with E-state index in [0.29, 0.717) is 11.3 Å². The average Bonchev–Trinajstić information content (AvgIpc) is 2.37. The van der Waals surface area contributed by atoms with E-state index in [1.54, 1.807) is 0 Å². The smallest absolute Gasteiger partial charge is 0.0334 e. The second-order valence-electron chi connectivity index (χ2n) is 7.15. The number of rotatable bonds is 6. The largest absolute Gasteiger partial charge is 0.120 e. The van der Waals surface area contributed by atoms with Gasteiger partial charge in [-0.25, -0.2) is 0 Å². The van der Waals surface area contributed by atoms with Crippen molar-refractivity contribution in [3.05, 3.63) is 35.5 Å². The molecule has 0 heteroatoms. The first-order valence-electron chi connectivity index (χ1n) is 7.86. The molecule has 0 nitrogen and oxygen atoms in total. The van der Waals surface area contributed by atoms with Crippen LogP contribution >= 0.6 is 0 Å². The Balaban J connectivity index is 2.76. The summed E-state index contributed by atoms with van der Waals surface area (Å²) in [4.78, 5) is 0. The normalized spacial score (nSPS) is 21.1. The van der Waals surface area contributed by atoms with Crippen LogP contribution in [0.15, 0.2) is 35.5 Å². The molecule has 0 saturated heterocycles. The Morgan fingerprint density at radius 2 is 2.05 bits per heavy atom. The van der Waals surface area contributed by atoms with Crippen LogP contribution in [0.3, 0.4) is 0 Å². The van der Waals surface area contributed by atoms with Gasteiger partial charge in [0.15, 0.2) is 0 Å². The van der Waals surface area contributed by atoms with Crippen molar-refractivity contribution in [2.24, 2.45) is 17.3 Å². The van der Waals surface area contributed by atoms with E-state index in [2.05, 4.69) is 64.8 Å². The van der Waals surface area contributed by atoms with Crippen LogP contribution in [-0.4, -0.2) is 0 Å². The van der Waals surface area contributed by atoms with Crippen LogP contribution in [0.5, 0.6) is 0 Å². The Labute approximate surface area is 126 Å². The Morgan fingerprint density at radius 3 is 2.60 bits per heavy atom. The molecule has 0 N–H and O–H groups in total. The summed E-state index contributed by atoms with van der Waals surface area (Å²) in [7, 11) is 0. The molecule has 0 amide bonds. The molecule has 0 aromatic rings. The molecule has 0 bridgehead atoms. The highest BCUT2D eigenvalue weighted by Gasteiger charge is 2.25. The second kappa shape index (κ2) is 7.53. The van der Waals surface area contributed by atoms with Crippen molar-refractivity contribution >= 4 is 0 Å². The molecule has 0 radical (unpaired) electrons. The van der Waals surface area contributed by atoms with Crippen LogP contribution in [0.1, 0.15) is 60.3 Å². The number of terminal acetylenes is 1. The first kappa shape index (κ1) is 16.8. The van der Waals surface area contributed by atoms with Gasteiger partial charge in [0, 0.05) is 12.3 Å². The van der Waals surface area contributed by atoms with Crippen molar-refractivity contribution in [3.63, 3.8) is 0 Å². The van der Waals surface area contributed by atoms with Crippen molar-refractivity contribution in [2.45, 2.75) is 60.3 Å². The molecule has 0 aromatic carbocycles. The topological polar surface area (TPSA) is 0 Å². The lowest BCUT2D eigenvalue weighted by molar-refractivity contribution is 0.262. The fourth-order valence-corrected chi connectivity index (χ4v) is 2.84. The lowest BCUT2D eigenvalue weighted by Gasteiger charge is -2.31. The summed E-state index contributed by atoms with van der Waals surface area (Å²) in [5.74, 6) is 4.06. The predicted molar refractivity (Wildman–Crippen MR) is 90.4 cm³/mol. The minimum atomic E-state index is 0.381. The fourth-order valence-electron chi connectivity index (χ4n) is 2.84. The van der Waals surface area contributed by atoms with Crippen LogP contribution in [-0.2, 0) is 0 Å². The fraction of sp³-hybridized carbons (Fsp3) is 0.600. The first-order valence-corrected chi connectivity index (χ1v) is 7.86. The van der Waals surface area contributed by atoms with Crippen molar-refractivity contribution in [1.82, 2.24) is 0 Å². The van der Waals surface area contributed by atoms with Gasteiger partial charge in [0.2, 0.25) is 0 Å². The van der Waals surface area contributed by atoms with Crippen LogP contribution < -0.4 is 0 Å². The summed E-state index contributed by atoms with van der Waals surface area (Å²) in [5.41, 5.74) is 3.11. The first-order chi connectivity index (χ1) is 9.38. The molecule has 1 rings (SSSR count). The SMILES string of the molecule is C#CCC1=CC(CC(C)(C)CCC(C)C)/C(=C\C)C=C1. The molecule has 0 aliphatic heterocycles. The maximum Gasteiger partial charge on any atom is 0.0334 e. The van der Waals surface area contributed by atoms with E-state index in [0.717, 1.165) is 12.3 Å². The van der Waals surface area contributed by atoms with E-state index in [1.807, 2.05) is 0 Å². The van der Waals surface area contributed by atoms with Crippen LogP contribution in [0.4, 0.5) is 0 Å². The van der Waals surface area contributed by atoms with E-state index in [-0.39, 0.29) is 0 Å². The Morgan fingerprint density at radius 1 is 1.35 bits per heavy atom. The third-order valence-corrected chi connectivity index (χ3v) is 4.14. The lowest BCUT2D eigenvalue weighted by atomic mass is 9.74. The van der Waals surface area contributed by atoms with Crippen molar-refractivity contribution in [2.75, 3.05) is 0 Å². The molecular weight excluding hydrogens is 240 g/mol. The summed E-state index contributed by atoms with van der Waals surface area (Å²) in [6, 6.07) is 0. The van der Waals surface area contributed by atoms with Gasteiger partial charge >= 0.3 is 0 Å². The van der Waals surface area contributed by atoms with Gasteiger partial charge in [-0.15, -0.1) is 12.3 Å². The van der Waals surface area contributed by atoms with Crippen molar-refractivity contribution < 1.29 is 0 Å². The molecule has 0 fully saturated rings. The van der Waals surface area contributed by atoms with Gasteiger partial charge in [0.1, 0.15) is 0 Å². The van der Waals surface area contributed by atoms with Gasteiger partial charge in [0.05, 0.1) is 0 Å². The summed E-state index contributed by atoms with van der Waals surface area (Å²) >= 11 is 0. The third kappa shape index (κ3) is 5.41. The van der Waals surface area contributed by atoms with Gasteiger partial charge in [-0.05, 0) is 42.2 Å². The van der Waals surface area contributed by atoms with Gasteiger partial charge in [-0.3, -0.25) is 0 Å². The van der Waals surface area contributed by atoms with E-state index in [9.17, 15) is 0 Å². The van der Waals surface area contributed by atoms with Crippen LogP contribution in [0.2, 0.25) is 0 Å². The second-order valence-corrected chi connectivity index (χ2v) is 7.15. The highest BCUT2D eigenvalue weighted by atomic mass is 14.3. The summed E-state index contributed by atoms with van der Waals surface area (Å²) in [6.07, 6.45) is 19.0. The average molecular weight is 270 g/mol. The molecule has 0 aromatic heterocycles. The van der Waals surface area contributed by atoms with E-state index < -0.39 is 0 Å². The Hall–Kier alpha value is -1.22. The standard InChI is InChI=1S/C20H30/c1-7-9-17-10-11-18(8-2)19(14-17)15-20(5,6)13-12-16(3)4/h1,8,10-11,14,16,19H,9,12-13,15H2,2-6H3/b18-8-. The maximum absolute atomic E-state index is 5.44. The van der Waals surface area contributed by atoms with Gasteiger partial charge in [0.25, 0.3) is 0 Å².